The summed E-state index contributed by atoms with van der Waals surface area (Å²) in [5.74, 6) is -0.184. The molecule has 1 fully saturated rings. The molecule has 1 heterocycles. The maximum atomic E-state index is 12.8. The average molecular weight is 166 g/mol. The lowest BCUT2D eigenvalue weighted by Gasteiger charge is -2.08. The number of ether oxygens (including phenoxy) is 1. The van der Waals surface area contributed by atoms with Crippen molar-refractivity contribution in [3.05, 3.63) is 35.6 Å². The van der Waals surface area contributed by atoms with E-state index in [1.807, 2.05) is 6.07 Å². The predicted molar refractivity (Wildman–Crippen MR) is 44.3 cm³/mol. The number of hydrogen-bond donors (Lipinski definition) is 0. The molecule has 0 spiro atoms. The van der Waals surface area contributed by atoms with Gasteiger partial charge in [0.25, 0.3) is 0 Å². The number of benzene rings is 1. The summed E-state index contributed by atoms with van der Waals surface area (Å²) in [6, 6.07) is 6.65. The molecule has 1 saturated heterocycles. The second-order valence-electron chi connectivity index (χ2n) is 3.15. The van der Waals surface area contributed by atoms with E-state index in [4.69, 9.17) is 4.74 Å². The third-order valence-corrected chi connectivity index (χ3v) is 2.41. The van der Waals surface area contributed by atoms with Gasteiger partial charge in [-0.1, -0.05) is 19.1 Å². The van der Waals surface area contributed by atoms with Crippen molar-refractivity contribution >= 4 is 0 Å². The molecule has 0 aliphatic carbocycles. The smallest absolute Gasteiger partial charge is 0.123 e. The third kappa shape index (κ3) is 1.12. The fourth-order valence-electron chi connectivity index (χ4n) is 1.43. The first-order valence-electron chi connectivity index (χ1n) is 4.17. The molecule has 1 atom stereocenters. The molecule has 1 nitrogen and oxygen atoms in total. The molecule has 0 bridgehead atoms. The van der Waals surface area contributed by atoms with E-state index in [9.17, 15) is 4.39 Å². The molecule has 0 N–H and O–H groups in total. The Labute approximate surface area is 71.2 Å². The van der Waals surface area contributed by atoms with Crippen molar-refractivity contribution in [2.24, 2.45) is 0 Å². The van der Waals surface area contributed by atoms with Gasteiger partial charge in [0.15, 0.2) is 0 Å². The van der Waals surface area contributed by atoms with E-state index < -0.39 is 0 Å². The maximum Gasteiger partial charge on any atom is 0.123 e. The molecular weight excluding hydrogens is 155 g/mol. The van der Waals surface area contributed by atoms with Gasteiger partial charge in [0.1, 0.15) is 11.4 Å². The van der Waals surface area contributed by atoms with Crippen molar-refractivity contribution in [2.45, 2.75) is 18.9 Å². The molecule has 2 heteroatoms. The lowest BCUT2D eigenvalue weighted by molar-refractivity contribution is 0.300. The van der Waals surface area contributed by atoms with Crippen molar-refractivity contribution in [3.63, 3.8) is 0 Å². The molecule has 1 aliphatic heterocycles. The zero-order chi connectivity index (χ0) is 8.60. The molecule has 1 unspecified atom stereocenters. The van der Waals surface area contributed by atoms with Gasteiger partial charge in [-0.15, -0.1) is 0 Å². The topological polar surface area (TPSA) is 12.5 Å². The quantitative estimate of drug-likeness (QED) is 0.615. The molecule has 1 aliphatic rings. The average Bonchev–Trinajstić information content (AvgIpc) is 2.84. The van der Waals surface area contributed by atoms with Gasteiger partial charge in [0.05, 0.1) is 6.61 Å². The molecule has 1 aromatic rings. The van der Waals surface area contributed by atoms with Gasteiger partial charge in [-0.25, -0.2) is 4.39 Å². The van der Waals surface area contributed by atoms with E-state index >= 15 is 0 Å². The molecular formula is C10H11FO. The Morgan fingerprint density at radius 3 is 2.83 bits per heavy atom. The zero-order valence-electron chi connectivity index (χ0n) is 7.01. The fraction of sp³-hybridized carbons (Fsp3) is 0.400. The van der Waals surface area contributed by atoms with E-state index in [2.05, 4.69) is 6.92 Å². The van der Waals surface area contributed by atoms with Crippen molar-refractivity contribution < 1.29 is 9.13 Å². The molecule has 0 aromatic heterocycles. The summed E-state index contributed by atoms with van der Waals surface area (Å²) in [6.45, 7) is 2.78. The van der Waals surface area contributed by atoms with Crippen molar-refractivity contribution in [3.8, 4) is 0 Å². The normalized spacial score (nSPS) is 27.2. The Bertz CT molecular complexity index is 292. The number of halogens is 1. The Morgan fingerprint density at radius 1 is 1.58 bits per heavy atom. The monoisotopic (exact) mass is 166 g/mol. The van der Waals surface area contributed by atoms with Gasteiger partial charge in [0.2, 0.25) is 0 Å². The summed E-state index contributed by atoms with van der Waals surface area (Å²) >= 11 is 0. The highest BCUT2D eigenvalue weighted by atomic mass is 19.1. The van der Waals surface area contributed by atoms with Gasteiger partial charge < -0.3 is 4.74 Å². The summed E-state index contributed by atoms with van der Waals surface area (Å²) in [7, 11) is 0. The van der Waals surface area contributed by atoms with Crippen LogP contribution in [0.25, 0.3) is 0 Å². The van der Waals surface area contributed by atoms with Crippen LogP contribution in [0, 0.1) is 5.82 Å². The highest BCUT2D eigenvalue weighted by Crippen LogP contribution is 2.41. The van der Waals surface area contributed by atoms with Crippen LogP contribution in [0.3, 0.4) is 0 Å². The largest absolute Gasteiger partial charge is 0.365 e. The molecule has 12 heavy (non-hydrogen) atoms. The van der Waals surface area contributed by atoms with Gasteiger partial charge in [0, 0.05) is 0 Å². The van der Waals surface area contributed by atoms with Crippen LogP contribution in [0.5, 0.6) is 0 Å². The molecule has 2 rings (SSSR count). The minimum absolute atomic E-state index is 0.165. The first-order valence-corrected chi connectivity index (χ1v) is 4.17. The van der Waals surface area contributed by atoms with Gasteiger partial charge in [-0.05, 0) is 24.1 Å². The van der Waals surface area contributed by atoms with Crippen LogP contribution >= 0.6 is 0 Å². The summed E-state index contributed by atoms with van der Waals surface area (Å²) < 4.78 is 18.1. The molecule has 0 saturated carbocycles. The van der Waals surface area contributed by atoms with E-state index in [0.29, 0.717) is 0 Å². The van der Waals surface area contributed by atoms with Crippen LogP contribution in [0.1, 0.15) is 18.9 Å². The number of epoxide rings is 1. The van der Waals surface area contributed by atoms with Gasteiger partial charge in [-0.2, -0.15) is 0 Å². The SMILES string of the molecule is CCC1(c2cccc(F)c2)CO1. The van der Waals surface area contributed by atoms with Gasteiger partial charge >= 0.3 is 0 Å². The lowest BCUT2D eigenvalue weighted by atomic mass is 9.97. The number of rotatable bonds is 2. The van der Waals surface area contributed by atoms with Gasteiger partial charge in [-0.3, -0.25) is 0 Å². The second-order valence-corrected chi connectivity index (χ2v) is 3.15. The molecule has 1 aromatic carbocycles. The summed E-state index contributed by atoms with van der Waals surface area (Å²) in [4.78, 5) is 0. The second kappa shape index (κ2) is 2.56. The Morgan fingerprint density at radius 2 is 2.33 bits per heavy atom. The Balaban J connectivity index is 2.34. The van der Waals surface area contributed by atoms with E-state index in [-0.39, 0.29) is 11.4 Å². The molecule has 0 radical (unpaired) electrons. The minimum Gasteiger partial charge on any atom is -0.365 e. The summed E-state index contributed by atoms with van der Waals surface area (Å²) in [5, 5.41) is 0. The fourth-order valence-corrected chi connectivity index (χ4v) is 1.43. The predicted octanol–water partition coefficient (Wildman–Crippen LogP) is 2.46. The summed E-state index contributed by atoms with van der Waals surface area (Å²) in [5.41, 5.74) is 0.798. The Kier molecular flexibility index (Phi) is 1.65. The van der Waals surface area contributed by atoms with E-state index in [1.165, 1.54) is 6.07 Å². The zero-order valence-corrected chi connectivity index (χ0v) is 7.01. The highest BCUT2D eigenvalue weighted by molar-refractivity contribution is 5.27. The van der Waals surface area contributed by atoms with Crippen molar-refractivity contribution in [2.75, 3.05) is 6.61 Å². The van der Waals surface area contributed by atoms with Crippen molar-refractivity contribution in [1.29, 1.82) is 0 Å². The first kappa shape index (κ1) is 7.74. The highest BCUT2D eigenvalue weighted by Gasteiger charge is 2.44. The van der Waals surface area contributed by atoms with Crippen LogP contribution in [0.15, 0.2) is 24.3 Å². The van der Waals surface area contributed by atoms with Crippen LogP contribution in [-0.2, 0) is 10.3 Å². The number of hydrogen-bond acceptors (Lipinski definition) is 1. The molecule has 0 amide bonds. The first-order chi connectivity index (χ1) is 5.77. The van der Waals surface area contributed by atoms with Crippen molar-refractivity contribution in [1.82, 2.24) is 0 Å². The van der Waals surface area contributed by atoms with E-state index in [1.54, 1.807) is 12.1 Å². The molecule has 64 valence electrons. The summed E-state index contributed by atoms with van der Waals surface area (Å²) in [6.07, 6.45) is 0.913. The van der Waals surface area contributed by atoms with Crippen LogP contribution in [0.4, 0.5) is 4.39 Å². The maximum absolute atomic E-state index is 12.8. The van der Waals surface area contributed by atoms with Crippen LogP contribution in [-0.4, -0.2) is 6.61 Å². The van der Waals surface area contributed by atoms with Crippen LogP contribution < -0.4 is 0 Å². The minimum atomic E-state index is -0.184. The Hall–Kier alpha value is -0.890. The van der Waals surface area contributed by atoms with E-state index in [0.717, 1.165) is 18.6 Å². The van der Waals surface area contributed by atoms with Crippen LogP contribution in [0.2, 0.25) is 0 Å². The lowest BCUT2D eigenvalue weighted by Crippen LogP contribution is -2.06. The standard InChI is InChI=1S/C10H11FO/c1-2-10(7-12-10)8-4-3-5-9(11)6-8/h3-6H,2,7H2,1H3. The third-order valence-electron chi connectivity index (χ3n) is 2.41.